The number of hydrogen-bond acceptors (Lipinski definition) is 8. The predicted octanol–water partition coefficient (Wildman–Crippen LogP) is 5.34. The van der Waals surface area contributed by atoms with E-state index in [0.29, 0.717) is 13.2 Å². The summed E-state index contributed by atoms with van der Waals surface area (Å²) in [7, 11) is 0. The molecular formula is C31H44O8. The lowest BCUT2D eigenvalue weighted by molar-refractivity contribution is -0.231. The van der Waals surface area contributed by atoms with Gasteiger partial charge < -0.3 is 28.4 Å². The summed E-state index contributed by atoms with van der Waals surface area (Å²) in [6.07, 6.45) is 3.98. The predicted molar refractivity (Wildman–Crippen MR) is 144 cm³/mol. The number of carbonyl (C=O) groups is 2. The number of rotatable bonds is 10. The van der Waals surface area contributed by atoms with E-state index in [2.05, 4.69) is 26.0 Å². The summed E-state index contributed by atoms with van der Waals surface area (Å²) in [5, 5.41) is 0. The van der Waals surface area contributed by atoms with Crippen molar-refractivity contribution in [3.63, 3.8) is 0 Å². The molecule has 0 N–H and O–H groups in total. The van der Waals surface area contributed by atoms with Crippen LogP contribution < -0.4 is 0 Å². The van der Waals surface area contributed by atoms with Gasteiger partial charge in [-0.3, -0.25) is 0 Å². The highest BCUT2D eigenvalue weighted by Gasteiger charge is 2.70. The molecule has 1 aromatic carbocycles. The van der Waals surface area contributed by atoms with Crippen LogP contribution in [0.2, 0.25) is 0 Å². The molecule has 2 aliphatic carbocycles. The van der Waals surface area contributed by atoms with Crippen molar-refractivity contribution < 1.29 is 38.0 Å². The van der Waals surface area contributed by atoms with E-state index >= 15 is 0 Å². The monoisotopic (exact) mass is 544 g/mol. The molecule has 2 saturated carbocycles. The Bertz CT molecular complexity index is 1040. The maximum absolute atomic E-state index is 12.9. The third kappa shape index (κ3) is 6.03. The van der Waals surface area contributed by atoms with Crippen LogP contribution >= 0.6 is 0 Å². The van der Waals surface area contributed by atoms with Gasteiger partial charge in [0.1, 0.15) is 17.8 Å². The Morgan fingerprint density at radius 3 is 2.46 bits per heavy atom. The molecule has 0 unspecified atom stereocenters. The summed E-state index contributed by atoms with van der Waals surface area (Å²) in [6, 6.07) is 10.1. The second-order valence-electron chi connectivity index (χ2n) is 11.6. The Balaban J connectivity index is 1.70. The maximum atomic E-state index is 12.9. The number of ether oxygens (including phenoxy) is 6. The van der Waals surface area contributed by atoms with Gasteiger partial charge in [0.25, 0.3) is 0 Å². The summed E-state index contributed by atoms with van der Waals surface area (Å²) >= 11 is 0. The summed E-state index contributed by atoms with van der Waals surface area (Å²) in [6.45, 7) is 12.9. The minimum absolute atomic E-state index is 0.105. The van der Waals surface area contributed by atoms with E-state index in [1.54, 1.807) is 13.8 Å². The third-order valence-corrected chi connectivity index (χ3v) is 8.66. The van der Waals surface area contributed by atoms with Crippen molar-refractivity contribution in [1.29, 1.82) is 0 Å². The second-order valence-corrected chi connectivity index (χ2v) is 11.6. The average Bonchev–Trinajstić information content (AvgIpc) is 3.16. The van der Waals surface area contributed by atoms with E-state index in [1.165, 1.54) is 0 Å². The van der Waals surface area contributed by atoms with Crippen molar-refractivity contribution in [3.8, 4) is 0 Å². The largest absolute Gasteiger partial charge is 0.480 e. The van der Waals surface area contributed by atoms with Crippen molar-refractivity contribution in [3.05, 3.63) is 47.7 Å². The van der Waals surface area contributed by atoms with Gasteiger partial charge in [0.05, 0.1) is 32.5 Å². The molecule has 8 nitrogen and oxygen atoms in total. The van der Waals surface area contributed by atoms with Crippen molar-refractivity contribution in [2.24, 2.45) is 17.3 Å². The molecule has 0 amide bonds. The van der Waals surface area contributed by atoms with E-state index in [9.17, 15) is 9.59 Å². The van der Waals surface area contributed by atoms with Crippen LogP contribution in [0.5, 0.6) is 0 Å². The minimum atomic E-state index is -0.827. The van der Waals surface area contributed by atoms with Crippen LogP contribution in [0.15, 0.2) is 42.2 Å². The highest BCUT2D eigenvalue weighted by molar-refractivity contribution is 5.94. The molecule has 0 aromatic heterocycles. The smallest absolute Gasteiger partial charge is 0.373 e. The number of esters is 2. The zero-order valence-electron chi connectivity index (χ0n) is 24.2. The van der Waals surface area contributed by atoms with E-state index in [-0.39, 0.29) is 36.2 Å². The fourth-order valence-corrected chi connectivity index (χ4v) is 6.90. The molecule has 39 heavy (non-hydrogen) atoms. The van der Waals surface area contributed by atoms with Gasteiger partial charge in [0.2, 0.25) is 5.76 Å². The lowest BCUT2D eigenvalue weighted by Gasteiger charge is -2.60. The summed E-state index contributed by atoms with van der Waals surface area (Å²) in [5.74, 6) is -2.32. The van der Waals surface area contributed by atoms with Crippen LogP contribution in [-0.2, 0) is 44.6 Å². The summed E-state index contributed by atoms with van der Waals surface area (Å²) in [5.41, 5.74) is 0.147. The maximum Gasteiger partial charge on any atom is 0.373 e. The molecule has 0 bridgehead atoms. The summed E-state index contributed by atoms with van der Waals surface area (Å²) in [4.78, 5) is 25.3. The highest BCUT2D eigenvalue weighted by Crippen LogP contribution is 2.62. The Labute approximate surface area is 232 Å². The normalized spacial score (nSPS) is 33.5. The van der Waals surface area contributed by atoms with Crippen LogP contribution in [0.3, 0.4) is 0 Å². The van der Waals surface area contributed by atoms with Gasteiger partial charge in [-0.1, -0.05) is 57.0 Å². The summed E-state index contributed by atoms with van der Waals surface area (Å²) < 4.78 is 36.6. The first kappa shape index (κ1) is 29.6. The molecule has 3 fully saturated rings. The molecule has 1 spiro atoms. The van der Waals surface area contributed by atoms with E-state index in [4.69, 9.17) is 28.4 Å². The van der Waals surface area contributed by atoms with Gasteiger partial charge in [0, 0.05) is 11.3 Å². The molecule has 216 valence electrons. The number of benzene rings is 1. The van der Waals surface area contributed by atoms with Crippen molar-refractivity contribution in [1.82, 2.24) is 0 Å². The average molecular weight is 545 g/mol. The lowest BCUT2D eigenvalue weighted by Crippen LogP contribution is -2.68. The van der Waals surface area contributed by atoms with Crippen molar-refractivity contribution in [2.75, 3.05) is 19.8 Å². The zero-order valence-corrected chi connectivity index (χ0v) is 24.2. The van der Waals surface area contributed by atoms with Gasteiger partial charge in [-0.05, 0) is 52.0 Å². The lowest BCUT2D eigenvalue weighted by atomic mass is 9.50. The molecule has 3 aliphatic rings. The third-order valence-electron chi connectivity index (χ3n) is 8.66. The van der Waals surface area contributed by atoms with Crippen molar-refractivity contribution in [2.45, 2.75) is 97.4 Å². The molecule has 1 saturated heterocycles. The van der Waals surface area contributed by atoms with Crippen LogP contribution in [0.25, 0.3) is 0 Å². The van der Waals surface area contributed by atoms with Crippen LogP contribution in [0, 0.1) is 17.3 Å². The van der Waals surface area contributed by atoms with E-state index in [0.717, 1.165) is 37.3 Å². The number of carbonyl (C=O) groups excluding carboxylic acids is 2. The van der Waals surface area contributed by atoms with Gasteiger partial charge in [-0.2, -0.15) is 0 Å². The Morgan fingerprint density at radius 1 is 1.05 bits per heavy atom. The molecule has 1 heterocycles. The Morgan fingerprint density at radius 2 is 1.77 bits per heavy atom. The first-order chi connectivity index (χ1) is 18.6. The first-order valence-electron chi connectivity index (χ1n) is 14.3. The van der Waals surface area contributed by atoms with E-state index < -0.39 is 35.5 Å². The standard InChI is InChI=1S/C31H44O8/c1-7-35-25(32)18-23(28(33)36-8-2)37-26-21(3)30(6,20-34-19-22-14-10-9-11-15-22)24-16-12-13-17-31(24)27(26)38-29(4,5)39-31/h9-11,14-15,18,21,24,26-27H,7-8,12-13,16-17,19-20H2,1-6H3/b23-18-/t21-,24+,26+,27-,30-,31+/m1/s1. The molecule has 1 aliphatic heterocycles. The van der Waals surface area contributed by atoms with Gasteiger partial charge in [0.15, 0.2) is 5.79 Å². The van der Waals surface area contributed by atoms with Gasteiger partial charge >= 0.3 is 11.9 Å². The molecule has 1 aromatic rings. The molecule has 8 heteroatoms. The fourth-order valence-electron chi connectivity index (χ4n) is 6.90. The minimum Gasteiger partial charge on any atom is -0.480 e. The quantitative estimate of drug-likeness (QED) is 0.222. The topological polar surface area (TPSA) is 89.5 Å². The second kappa shape index (κ2) is 12.0. The Hall–Kier alpha value is -2.42. The molecule has 0 radical (unpaired) electrons. The Kier molecular flexibility index (Phi) is 9.08. The van der Waals surface area contributed by atoms with Gasteiger partial charge in [-0.15, -0.1) is 0 Å². The van der Waals surface area contributed by atoms with Crippen molar-refractivity contribution >= 4 is 11.9 Å². The first-order valence-corrected chi connectivity index (χ1v) is 14.3. The van der Waals surface area contributed by atoms with E-state index in [1.807, 2.05) is 32.0 Å². The highest BCUT2D eigenvalue weighted by atomic mass is 16.8. The van der Waals surface area contributed by atoms with Crippen LogP contribution in [-0.4, -0.2) is 55.4 Å². The van der Waals surface area contributed by atoms with Crippen LogP contribution in [0.1, 0.15) is 72.8 Å². The number of hydrogen-bond donors (Lipinski definition) is 0. The van der Waals surface area contributed by atoms with Crippen LogP contribution in [0.4, 0.5) is 0 Å². The zero-order chi connectivity index (χ0) is 28.3. The molecular weight excluding hydrogens is 500 g/mol. The fraction of sp³-hybridized carbons (Fsp3) is 0.677. The SMILES string of the molecule is CCOC(=O)/C=C(\O[C@H]1[C@@H](C)[C@@](C)(COCc2ccccc2)[C@@H]2CCCC[C@]23OC(C)(C)O[C@H]13)C(=O)OCC. The van der Waals surface area contributed by atoms with Gasteiger partial charge in [-0.25, -0.2) is 9.59 Å². The molecule has 4 rings (SSSR count). The molecule has 6 atom stereocenters.